The van der Waals surface area contributed by atoms with Crippen LogP contribution in [-0.2, 0) is 19.3 Å². The fourth-order valence-corrected chi connectivity index (χ4v) is 7.16. The van der Waals surface area contributed by atoms with Crippen molar-refractivity contribution in [3.8, 4) is 11.4 Å². The maximum absolute atomic E-state index is 13.8. The highest BCUT2D eigenvalue weighted by molar-refractivity contribution is 7.92. The van der Waals surface area contributed by atoms with Gasteiger partial charge in [-0.05, 0) is 93.4 Å². The van der Waals surface area contributed by atoms with Gasteiger partial charge in [0.1, 0.15) is 16.4 Å². The molecule has 0 unspecified atom stereocenters. The molecule has 2 saturated carbocycles. The number of nitrogens with zero attached hydrogens (tertiary/aromatic N) is 3. The number of rotatable bonds is 7. The Bertz CT molecular complexity index is 1490. The summed E-state index contributed by atoms with van der Waals surface area (Å²) >= 11 is 5.39. The molecule has 11 heteroatoms. The number of sulfone groups is 1. The second-order valence-electron chi connectivity index (χ2n) is 10.5. The topological polar surface area (TPSA) is 96.5 Å². The lowest BCUT2D eigenvalue weighted by molar-refractivity contribution is 0.0985. The minimum atomic E-state index is -3.81. The quantitative estimate of drug-likeness (QED) is 0.318. The maximum Gasteiger partial charge on any atom is 0.189 e. The summed E-state index contributed by atoms with van der Waals surface area (Å²) < 4.78 is 45.6. The summed E-state index contributed by atoms with van der Waals surface area (Å²) in [6, 6.07) is 15.0. The van der Waals surface area contributed by atoms with Crippen LogP contribution < -0.4 is 15.5 Å². The third kappa shape index (κ3) is 5.22. The van der Waals surface area contributed by atoms with Crippen molar-refractivity contribution in [3.05, 3.63) is 66.1 Å². The first-order valence-electron chi connectivity index (χ1n) is 13.2. The van der Waals surface area contributed by atoms with Crippen molar-refractivity contribution in [2.45, 2.75) is 54.3 Å². The fraction of sp³-hybridized carbons (Fsp3) is 0.393. The summed E-state index contributed by atoms with van der Waals surface area (Å²) in [4.78, 5) is 11.9. The van der Waals surface area contributed by atoms with Crippen LogP contribution in [-0.4, -0.2) is 55.3 Å². The number of hydrogen-bond acceptors (Lipinski definition) is 7. The summed E-state index contributed by atoms with van der Waals surface area (Å²) in [6.45, 7) is 3.82. The van der Waals surface area contributed by atoms with E-state index in [9.17, 15) is 12.8 Å². The summed E-state index contributed by atoms with van der Waals surface area (Å²) in [6.07, 6.45) is 3.15. The van der Waals surface area contributed by atoms with Gasteiger partial charge >= 0.3 is 0 Å². The molecule has 0 bridgehead atoms. The Labute approximate surface area is 232 Å². The first-order valence-corrected chi connectivity index (χ1v) is 15.1. The highest BCUT2D eigenvalue weighted by atomic mass is 32.2. The Morgan fingerprint density at radius 1 is 1.10 bits per heavy atom. The molecule has 8 nitrogen and oxygen atoms in total. The number of aromatic nitrogens is 2. The number of anilines is 2. The maximum atomic E-state index is 13.8. The molecule has 2 N–H and O–H groups in total. The van der Waals surface area contributed by atoms with Gasteiger partial charge in [0.25, 0.3) is 0 Å². The first-order chi connectivity index (χ1) is 18.7. The van der Waals surface area contributed by atoms with E-state index in [1.807, 2.05) is 24.3 Å². The van der Waals surface area contributed by atoms with Crippen LogP contribution in [0.4, 0.5) is 15.9 Å². The number of nitrogens with one attached hydrogen (secondary N) is 2. The van der Waals surface area contributed by atoms with Crippen molar-refractivity contribution in [3.63, 3.8) is 0 Å². The second kappa shape index (κ2) is 10.1. The number of thiocarbonyl (C=S) groups is 1. The summed E-state index contributed by atoms with van der Waals surface area (Å²) in [5, 5.41) is 7.05. The van der Waals surface area contributed by atoms with Gasteiger partial charge in [0, 0.05) is 29.9 Å². The summed E-state index contributed by atoms with van der Waals surface area (Å²) in [5.41, 5.74) is 2.07. The van der Waals surface area contributed by atoms with Crippen LogP contribution >= 0.6 is 12.2 Å². The van der Waals surface area contributed by atoms with Crippen LogP contribution in [0.1, 0.15) is 38.3 Å². The predicted molar refractivity (Wildman–Crippen MR) is 152 cm³/mol. The van der Waals surface area contributed by atoms with E-state index in [-0.39, 0.29) is 10.9 Å². The monoisotopic (exact) mass is 567 g/mol. The van der Waals surface area contributed by atoms with Gasteiger partial charge in [0.05, 0.1) is 29.8 Å². The van der Waals surface area contributed by atoms with Gasteiger partial charge < -0.3 is 20.3 Å². The van der Waals surface area contributed by atoms with E-state index in [0.717, 1.165) is 24.1 Å². The van der Waals surface area contributed by atoms with Crippen molar-refractivity contribution in [2.24, 2.45) is 0 Å². The molecule has 204 valence electrons. The van der Waals surface area contributed by atoms with Crippen LogP contribution in [0, 0.1) is 5.82 Å². The lowest BCUT2D eigenvalue weighted by atomic mass is 10.1. The van der Waals surface area contributed by atoms with Crippen molar-refractivity contribution >= 4 is 38.7 Å². The Morgan fingerprint density at radius 3 is 2.46 bits per heavy atom. The Balaban J connectivity index is 1.37. The zero-order valence-corrected chi connectivity index (χ0v) is 23.2. The smallest absolute Gasteiger partial charge is 0.189 e. The van der Waals surface area contributed by atoms with Gasteiger partial charge in [-0.25, -0.2) is 22.8 Å². The van der Waals surface area contributed by atoms with Crippen LogP contribution in [0.2, 0.25) is 0 Å². The number of morpholine rings is 1. The standard InChI is InChI=1S/C28H30FN5O3S2/c1-18-17-37-15-14-34(18)25-16-24(28(12-13-28)39(35,36)23-10-4-20(29)5-11-23)32-26(33-25)19-2-6-21(7-3-19)30-27(38)31-22-8-9-22/h2-7,10-11,16,18,22H,8-9,12-15,17H2,1H3,(H2,30,31,38)/t18-/m0/s1. The lowest BCUT2D eigenvalue weighted by Crippen LogP contribution is -2.44. The van der Waals surface area contributed by atoms with Crippen molar-refractivity contribution < 1.29 is 17.5 Å². The molecule has 0 spiro atoms. The minimum Gasteiger partial charge on any atom is -0.377 e. The van der Waals surface area contributed by atoms with Gasteiger partial charge in [-0.2, -0.15) is 0 Å². The van der Waals surface area contributed by atoms with Crippen molar-refractivity contribution in [1.29, 1.82) is 0 Å². The van der Waals surface area contributed by atoms with Crippen LogP contribution in [0.15, 0.2) is 59.5 Å². The second-order valence-corrected chi connectivity index (χ2v) is 13.1. The third-order valence-electron chi connectivity index (χ3n) is 7.50. The van der Waals surface area contributed by atoms with Gasteiger partial charge in [-0.1, -0.05) is 0 Å². The molecule has 2 aromatic carbocycles. The van der Waals surface area contributed by atoms with E-state index in [4.69, 9.17) is 26.9 Å². The number of hydrogen-bond donors (Lipinski definition) is 2. The number of benzene rings is 2. The van der Waals surface area contributed by atoms with E-state index in [1.165, 1.54) is 24.3 Å². The van der Waals surface area contributed by atoms with E-state index in [1.54, 1.807) is 6.07 Å². The van der Waals surface area contributed by atoms with E-state index >= 15 is 0 Å². The van der Waals surface area contributed by atoms with Gasteiger partial charge in [0.15, 0.2) is 20.8 Å². The molecule has 6 rings (SSSR count). The highest BCUT2D eigenvalue weighted by Crippen LogP contribution is 2.55. The number of ether oxygens (including phenoxy) is 1. The first kappa shape index (κ1) is 26.1. The molecule has 2 heterocycles. The molecule has 1 aliphatic heterocycles. The third-order valence-corrected chi connectivity index (χ3v) is 10.3. The van der Waals surface area contributed by atoms with Crippen molar-refractivity contribution in [2.75, 3.05) is 30.0 Å². The minimum absolute atomic E-state index is 0.0739. The fourth-order valence-electron chi connectivity index (χ4n) is 4.91. The lowest BCUT2D eigenvalue weighted by Gasteiger charge is -2.34. The van der Waals surface area contributed by atoms with Gasteiger partial charge in [-0.15, -0.1) is 0 Å². The molecule has 2 aliphatic carbocycles. The Kier molecular flexibility index (Phi) is 6.76. The zero-order valence-electron chi connectivity index (χ0n) is 21.6. The van der Waals surface area contributed by atoms with Gasteiger partial charge in [-0.3, -0.25) is 0 Å². The predicted octanol–water partition coefficient (Wildman–Crippen LogP) is 4.42. The highest BCUT2D eigenvalue weighted by Gasteiger charge is 2.58. The van der Waals surface area contributed by atoms with E-state index in [2.05, 4.69) is 22.5 Å². The van der Waals surface area contributed by atoms with E-state index < -0.39 is 20.4 Å². The van der Waals surface area contributed by atoms with E-state index in [0.29, 0.717) is 61.1 Å². The summed E-state index contributed by atoms with van der Waals surface area (Å²) in [5.74, 6) is 0.643. The molecule has 3 fully saturated rings. The molecule has 1 atom stereocenters. The zero-order chi connectivity index (χ0) is 27.2. The van der Waals surface area contributed by atoms with Crippen LogP contribution in [0.5, 0.6) is 0 Å². The molecule has 1 aromatic heterocycles. The molecule has 3 aliphatic rings. The van der Waals surface area contributed by atoms with Crippen molar-refractivity contribution in [1.82, 2.24) is 15.3 Å². The Hall–Kier alpha value is -3.15. The average molecular weight is 568 g/mol. The molecule has 0 radical (unpaired) electrons. The summed E-state index contributed by atoms with van der Waals surface area (Å²) in [7, 11) is -3.81. The van der Waals surface area contributed by atoms with Crippen LogP contribution in [0.3, 0.4) is 0 Å². The average Bonchev–Trinajstić information content (AvgIpc) is 3.85. The molecule has 0 amide bonds. The SMILES string of the molecule is C[C@H]1COCCN1c1cc(C2(S(=O)(=O)c3ccc(F)cc3)CC2)nc(-c2ccc(NC(=S)NC3CC3)cc2)n1. The molecular weight excluding hydrogens is 537 g/mol. The molecular formula is C28H30FN5O3S2. The van der Waals surface area contributed by atoms with Gasteiger partial charge in [0.2, 0.25) is 0 Å². The largest absolute Gasteiger partial charge is 0.377 e. The molecule has 1 saturated heterocycles. The van der Waals surface area contributed by atoms with Crippen LogP contribution in [0.25, 0.3) is 11.4 Å². The number of halogens is 1. The Morgan fingerprint density at radius 2 is 1.82 bits per heavy atom. The molecule has 39 heavy (non-hydrogen) atoms. The normalized spacial score (nSPS) is 20.4. The molecule has 3 aromatic rings.